The lowest BCUT2D eigenvalue weighted by Crippen LogP contribution is -2.35. The van der Waals surface area contributed by atoms with Gasteiger partial charge in [-0.25, -0.2) is 0 Å². The Hall–Kier alpha value is -1.66. The maximum atomic E-state index is 11.4. The van der Waals surface area contributed by atoms with Crippen LogP contribution in [-0.2, 0) is 4.74 Å². The van der Waals surface area contributed by atoms with E-state index in [4.69, 9.17) is 4.74 Å². The molecule has 6 heteroatoms. The molecular weight excluding hydrogens is 272 g/mol. The summed E-state index contributed by atoms with van der Waals surface area (Å²) in [4.78, 5) is 12.9. The molecule has 0 bridgehead atoms. The molecular formula is C15H24N2O4. The van der Waals surface area contributed by atoms with Crippen LogP contribution in [0.3, 0.4) is 0 Å². The predicted octanol–water partition coefficient (Wildman–Crippen LogP) is 2.90. The van der Waals surface area contributed by atoms with Gasteiger partial charge in [0.05, 0.1) is 17.6 Å². The van der Waals surface area contributed by atoms with E-state index in [-0.39, 0.29) is 11.7 Å². The number of hydrogen-bond donors (Lipinski definition) is 1. The Morgan fingerprint density at radius 1 is 1.43 bits per heavy atom. The topological polar surface area (TPSA) is 75.8 Å². The van der Waals surface area contributed by atoms with E-state index in [2.05, 4.69) is 0 Å². The molecule has 0 saturated heterocycles. The molecule has 0 fully saturated rings. The van der Waals surface area contributed by atoms with Crippen molar-refractivity contribution in [3.05, 3.63) is 33.9 Å². The fourth-order valence-corrected chi connectivity index (χ4v) is 2.18. The molecule has 0 amide bonds. The highest BCUT2D eigenvalue weighted by molar-refractivity contribution is 5.65. The summed E-state index contributed by atoms with van der Waals surface area (Å²) in [5, 5.41) is 21.0. The highest BCUT2D eigenvalue weighted by Crippen LogP contribution is 2.32. The van der Waals surface area contributed by atoms with E-state index in [0.29, 0.717) is 24.4 Å². The summed E-state index contributed by atoms with van der Waals surface area (Å²) in [6.07, 6.45) is 0.146. The van der Waals surface area contributed by atoms with Crippen molar-refractivity contribution < 1.29 is 14.8 Å². The first-order valence-electron chi connectivity index (χ1n) is 7.14. The number of aliphatic hydroxyl groups excluding tert-OH is 1. The van der Waals surface area contributed by atoms with Crippen LogP contribution in [0.15, 0.2) is 18.2 Å². The zero-order valence-corrected chi connectivity index (χ0v) is 13.1. The molecule has 21 heavy (non-hydrogen) atoms. The van der Waals surface area contributed by atoms with Gasteiger partial charge in [-0.1, -0.05) is 13.0 Å². The lowest BCUT2D eigenvalue weighted by Gasteiger charge is -2.30. The summed E-state index contributed by atoms with van der Waals surface area (Å²) in [5.74, 6) is 0. The molecule has 1 aromatic carbocycles. The molecule has 0 radical (unpaired) electrons. The van der Waals surface area contributed by atoms with Crippen molar-refractivity contribution in [3.8, 4) is 0 Å². The molecule has 0 heterocycles. The van der Waals surface area contributed by atoms with Gasteiger partial charge in [0.2, 0.25) is 0 Å². The number of nitro benzene ring substituents is 1. The monoisotopic (exact) mass is 296 g/mol. The minimum atomic E-state index is -0.728. The maximum absolute atomic E-state index is 11.4. The van der Waals surface area contributed by atoms with Gasteiger partial charge in [-0.15, -0.1) is 0 Å². The zero-order valence-electron chi connectivity index (χ0n) is 13.1. The van der Waals surface area contributed by atoms with E-state index in [9.17, 15) is 15.2 Å². The molecule has 0 saturated carbocycles. The molecule has 0 aliphatic heterocycles. The number of aliphatic hydroxyl groups is 1. The van der Waals surface area contributed by atoms with E-state index in [0.717, 1.165) is 6.42 Å². The van der Waals surface area contributed by atoms with Crippen molar-refractivity contribution in [2.24, 2.45) is 0 Å². The van der Waals surface area contributed by atoms with Crippen LogP contribution in [0.4, 0.5) is 11.4 Å². The van der Waals surface area contributed by atoms with E-state index < -0.39 is 11.0 Å². The van der Waals surface area contributed by atoms with Crippen LogP contribution in [-0.4, -0.2) is 36.3 Å². The van der Waals surface area contributed by atoms with Crippen LogP contribution < -0.4 is 4.90 Å². The number of hydrogen-bond acceptors (Lipinski definition) is 5. The molecule has 0 aromatic heterocycles. The molecule has 118 valence electrons. The fourth-order valence-electron chi connectivity index (χ4n) is 2.18. The van der Waals surface area contributed by atoms with Gasteiger partial charge in [-0.05, 0) is 31.9 Å². The van der Waals surface area contributed by atoms with Gasteiger partial charge in [0.15, 0.2) is 0 Å². The third-order valence-corrected chi connectivity index (χ3v) is 3.65. The second-order valence-electron chi connectivity index (χ2n) is 5.12. The van der Waals surface area contributed by atoms with Gasteiger partial charge >= 0.3 is 0 Å². The summed E-state index contributed by atoms with van der Waals surface area (Å²) < 4.78 is 5.10. The average molecular weight is 296 g/mol. The van der Waals surface area contributed by atoms with E-state index in [1.54, 1.807) is 26.2 Å². The van der Waals surface area contributed by atoms with Crippen molar-refractivity contribution in [2.45, 2.75) is 39.3 Å². The fraction of sp³-hybridized carbons (Fsp3) is 0.600. The Morgan fingerprint density at radius 2 is 2.10 bits per heavy atom. The smallest absolute Gasteiger partial charge is 0.292 e. The molecule has 1 rings (SSSR count). The number of nitro groups is 1. The first kappa shape index (κ1) is 17.4. The molecule has 1 unspecified atom stereocenters. The lowest BCUT2D eigenvalue weighted by atomic mass is 10.1. The summed E-state index contributed by atoms with van der Waals surface area (Å²) in [7, 11) is 1.61. The minimum absolute atomic E-state index is 0.0183. The second kappa shape index (κ2) is 7.95. The van der Waals surface area contributed by atoms with Crippen molar-refractivity contribution in [2.75, 3.05) is 25.2 Å². The van der Waals surface area contributed by atoms with Gasteiger partial charge in [-0.2, -0.15) is 0 Å². The zero-order chi connectivity index (χ0) is 16.0. The Morgan fingerprint density at radius 3 is 2.57 bits per heavy atom. The van der Waals surface area contributed by atoms with Gasteiger partial charge < -0.3 is 14.7 Å². The Balaban J connectivity index is 3.25. The van der Waals surface area contributed by atoms with Crippen molar-refractivity contribution in [3.63, 3.8) is 0 Å². The van der Waals surface area contributed by atoms with E-state index in [1.807, 2.05) is 18.7 Å². The number of rotatable bonds is 8. The summed E-state index contributed by atoms with van der Waals surface area (Å²) in [6.45, 7) is 6.75. The van der Waals surface area contributed by atoms with E-state index >= 15 is 0 Å². The molecule has 1 N–H and O–H groups in total. The van der Waals surface area contributed by atoms with Crippen LogP contribution in [0.2, 0.25) is 0 Å². The van der Waals surface area contributed by atoms with Crippen molar-refractivity contribution >= 4 is 11.4 Å². The largest absolute Gasteiger partial charge is 0.389 e. The molecule has 1 aromatic rings. The van der Waals surface area contributed by atoms with Crippen LogP contribution in [0, 0.1) is 10.1 Å². The number of nitrogens with zero attached hydrogens (tertiary/aromatic N) is 2. The molecule has 2 atom stereocenters. The third-order valence-electron chi connectivity index (χ3n) is 3.65. The van der Waals surface area contributed by atoms with Crippen LogP contribution in [0.25, 0.3) is 0 Å². The quantitative estimate of drug-likeness (QED) is 0.589. The minimum Gasteiger partial charge on any atom is -0.389 e. The summed E-state index contributed by atoms with van der Waals surface area (Å²) >= 11 is 0. The predicted molar refractivity (Wildman–Crippen MR) is 82.7 cm³/mol. The normalized spacial score (nSPS) is 13.8. The summed E-state index contributed by atoms with van der Waals surface area (Å²) in [5.41, 5.74) is 1.13. The molecule has 0 spiro atoms. The maximum Gasteiger partial charge on any atom is 0.292 e. The van der Waals surface area contributed by atoms with Gasteiger partial charge in [0.25, 0.3) is 5.69 Å². The highest BCUT2D eigenvalue weighted by atomic mass is 16.6. The Bertz CT molecular complexity index is 477. The number of anilines is 1. The third kappa shape index (κ3) is 4.41. The van der Waals surface area contributed by atoms with Crippen molar-refractivity contribution in [1.29, 1.82) is 0 Å². The number of benzene rings is 1. The van der Waals surface area contributed by atoms with Gasteiger partial charge in [0.1, 0.15) is 5.69 Å². The second-order valence-corrected chi connectivity index (χ2v) is 5.12. The Kier molecular flexibility index (Phi) is 6.58. The first-order valence-corrected chi connectivity index (χ1v) is 7.14. The standard InChI is InChI=1S/C15H24N2O4/c1-5-11(2)16(8-9-21-4)14-7-6-13(12(3)18)10-15(14)17(19)20/h6-7,10-12,18H,5,8-9H2,1-4H3/t11?,12-/m1/s1. The van der Waals surface area contributed by atoms with Crippen LogP contribution >= 0.6 is 0 Å². The van der Waals surface area contributed by atoms with Crippen LogP contribution in [0.5, 0.6) is 0 Å². The average Bonchev–Trinajstić information content (AvgIpc) is 2.46. The number of ether oxygens (including phenoxy) is 1. The van der Waals surface area contributed by atoms with E-state index in [1.165, 1.54) is 6.07 Å². The van der Waals surface area contributed by atoms with Crippen molar-refractivity contribution in [1.82, 2.24) is 0 Å². The lowest BCUT2D eigenvalue weighted by molar-refractivity contribution is -0.384. The Labute approximate surface area is 125 Å². The van der Waals surface area contributed by atoms with Gasteiger partial charge in [-0.3, -0.25) is 10.1 Å². The molecule has 0 aliphatic carbocycles. The highest BCUT2D eigenvalue weighted by Gasteiger charge is 2.23. The molecule has 0 aliphatic rings. The first-order chi connectivity index (χ1) is 9.92. The van der Waals surface area contributed by atoms with Crippen LogP contribution in [0.1, 0.15) is 38.9 Å². The molecule has 6 nitrogen and oxygen atoms in total. The SMILES string of the molecule is CCC(C)N(CCOC)c1ccc([C@@H](C)O)cc1[N+](=O)[O-]. The summed E-state index contributed by atoms with van der Waals surface area (Å²) in [6, 6.07) is 5.05. The number of methoxy groups -OCH3 is 1. The van der Waals surface area contributed by atoms with Gasteiger partial charge in [0, 0.05) is 25.8 Å².